The van der Waals surface area contributed by atoms with E-state index in [1.165, 1.54) is 38.5 Å². The van der Waals surface area contributed by atoms with Crippen LogP contribution >= 0.6 is 0 Å². The van der Waals surface area contributed by atoms with Crippen LogP contribution in [0.4, 0.5) is 0 Å². The Balaban J connectivity index is 1.73. The van der Waals surface area contributed by atoms with E-state index in [1.54, 1.807) is 7.11 Å². The molecule has 0 bridgehead atoms. The Morgan fingerprint density at radius 3 is 2.64 bits per heavy atom. The Bertz CT molecular complexity index is 334. The van der Waals surface area contributed by atoms with Crippen LogP contribution in [0.1, 0.15) is 58.3 Å². The summed E-state index contributed by atoms with van der Waals surface area (Å²) in [7, 11) is 1.77. The van der Waals surface area contributed by atoms with Crippen LogP contribution in [0.15, 0.2) is 0 Å². The van der Waals surface area contributed by atoms with Gasteiger partial charge < -0.3 is 15.4 Å². The van der Waals surface area contributed by atoms with Crippen molar-refractivity contribution in [3.05, 3.63) is 0 Å². The van der Waals surface area contributed by atoms with Gasteiger partial charge in [0.05, 0.1) is 0 Å². The minimum absolute atomic E-state index is 0.245. The highest BCUT2D eigenvalue weighted by Crippen LogP contribution is 2.40. The first-order chi connectivity index (χ1) is 10.7. The Morgan fingerprint density at radius 2 is 2.00 bits per heavy atom. The van der Waals surface area contributed by atoms with Gasteiger partial charge in [0, 0.05) is 26.7 Å². The summed E-state index contributed by atoms with van der Waals surface area (Å²) < 4.78 is 5.26. The third-order valence-corrected chi connectivity index (χ3v) is 5.86. The molecule has 2 aliphatic rings. The summed E-state index contributed by atoms with van der Waals surface area (Å²) in [6, 6.07) is 0. The fraction of sp³-hybridized carbons (Fsp3) is 0.944. The van der Waals surface area contributed by atoms with Crippen LogP contribution in [-0.4, -0.2) is 39.3 Å². The van der Waals surface area contributed by atoms with E-state index in [0.29, 0.717) is 23.7 Å². The van der Waals surface area contributed by atoms with Crippen LogP contribution in [0.3, 0.4) is 0 Å². The molecule has 1 aliphatic heterocycles. The first kappa shape index (κ1) is 17.7. The summed E-state index contributed by atoms with van der Waals surface area (Å²) in [5.74, 6) is 1.45. The molecule has 1 amide bonds. The van der Waals surface area contributed by atoms with Crippen molar-refractivity contribution in [1.29, 1.82) is 0 Å². The summed E-state index contributed by atoms with van der Waals surface area (Å²) in [6.07, 6.45) is 9.26. The number of hydrogen-bond acceptors (Lipinski definition) is 3. The SMILES string of the molecule is COCCC1(CNC(=O)CC(C)C2CCNCC2)CCCC1. The number of carbonyl (C=O) groups is 1. The number of amides is 1. The van der Waals surface area contributed by atoms with Crippen molar-refractivity contribution < 1.29 is 9.53 Å². The van der Waals surface area contributed by atoms with Gasteiger partial charge in [-0.15, -0.1) is 0 Å². The molecule has 1 unspecified atom stereocenters. The molecule has 2 N–H and O–H groups in total. The maximum atomic E-state index is 12.3. The van der Waals surface area contributed by atoms with Gasteiger partial charge in [-0.05, 0) is 62.4 Å². The van der Waals surface area contributed by atoms with Crippen molar-refractivity contribution >= 4 is 5.91 Å². The fourth-order valence-corrected chi connectivity index (χ4v) is 4.19. The second kappa shape index (κ2) is 8.88. The van der Waals surface area contributed by atoms with Gasteiger partial charge in [0.15, 0.2) is 0 Å². The molecule has 0 aromatic rings. The van der Waals surface area contributed by atoms with Crippen LogP contribution in [0, 0.1) is 17.3 Å². The van der Waals surface area contributed by atoms with Gasteiger partial charge in [-0.3, -0.25) is 4.79 Å². The van der Waals surface area contributed by atoms with E-state index in [9.17, 15) is 4.79 Å². The molecule has 1 atom stereocenters. The van der Waals surface area contributed by atoms with Crippen molar-refractivity contribution in [3.63, 3.8) is 0 Å². The van der Waals surface area contributed by atoms with E-state index in [-0.39, 0.29) is 5.91 Å². The number of hydrogen-bond donors (Lipinski definition) is 2. The molecule has 0 aromatic carbocycles. The minimum Gasteiger partial charge on any atom is -0.385 e. The lowest BCUT2D eigenvalue weighted by Gasteiger charge is -2.30. The normalized spacial score (nSPS) is 23.4. The van der Waals surface area contributed by atoms with Crippen molar-refractivity contribution in [2.45, 2.75) is 58.3 Å². The topological polar surface area (TPSA) is 50.4 Å². The lowest BCUT2D eigenvalue weighted by Crippen LogP contribution is -2.38. The van der Waals surface area contributed by atoms with Crippen molar-refractivity contribution in [2.24, 2.45) is 17.3 Å². The van der Waals surface area contributed by atoms with Crippen LogP contribution in [0.2, 0.25) is 0 Å². The molecule has 4 nitrogen and oxygen atoms in total. The molecule has 2 rings (SSSR count). The largest absolute Gasteiger partial charge is 0.385 e. The van der Waals surface area contributed by atoms with Gasteiger partial charge in [0.25, 0.3) is 0 Å². The van der Waals surface area contributed by atoms with Gasteiger partial charge in [-0.2, -0.15) is 0 Å². The van der Waals surface area contributed by atoms with Gasteiger partial charge in [0.2, 0.25) is 5.91 Å². The highest BCUT2D eigenvalue weighted by atomic mass is 16.5. The monoisotopic (exact) mass is 310 g/mol. The molecule has 1 aliphatic carbocycles. The Kier molecular flexibility index (Phi) is 7.16. The molecule has 22 heavy (non-hydrogen) atoms. The highest BCUT2D eigenvalue weighted by molar-refractivity contribution is 5.76. The smallest absolute Gasteiger partial charge is 0.220 e. The molecule has 2 fully saturated rings. The van der Waals surface area contributed by atoms with E-state index in [2.05, 4.69) is 17.6 Å². The van der Waals surface area contributed by atoms with E-state index in [0.717, 1.165) is 32.7 Å². The van der Waals surface area contributed by atoms with E-state index in [4.69, 9.17) is 4.74 Å². The van der Waals surface area contributed by atoms with E-state index < -0.39 is 0 Å². The molecule has 4 heteroatoms. The number of carbonyl (C=O) groups excluding carboxylic acids is 1. The summed E-state index contributed by atoms with van der Waals surface area (Å²) >= 11 is 0. The summed E-state index contributed by atoms with van der Waals surface area (Å²) in [4.78, 5) is 12.3. The molecular formula is C18H34N2O2. The Morgan fingerprint density at radius 1 is 1.32 bits per heavy atom. The lowest BCUT2D eigenvalue weighted by atomic mass is 9.82. The number of ether oxygens (including phenoxy) is 1. The molecule has 1 saturated carbocycles. The summed E-state index contributed by atoms with van der Waals surface area (Å²) in [6.45, 7) is 6.11. The first-order valence-corrected chi connectivity index (χ1v) is 9.11. The van der Waals surface area contributed by atoms with Crippen LogP contribution in [0.25, 0.3) is 0 Å². The van der Waals surface area contributed by atoms with Crippen LogP contribution < -0.4 is 10.6 Å². The lowest BCUT2D eigenvalue weighted by molar-refractivity contribution is -0.123. The fourth-order valence-electron chi connectivity index (χ4n) is 4.19. The predicted octanol–water partition coefficient (Wildman–Crippen LogP) is 2.73. The zero-order chi connectivity index (χ0) is 15.8. The average Bonchev–Trinajstić information content (AvgIpc) is 3.01. The van der Waals surface area contributed by atoms with Crippen LogP contribution in [0.5, 0.6) is 0 Å². The Hall–Kier alpha value is -0.610. The van der Waals surface area contributed by atoms with E-state index in [1.807, 2.05) is 0 Å². The number of piperidine rings is 1. The molecular weight excluding hydrogens is 276 g/mol. The molecule has 1 heterocycles. The summed E-state index contributed by atoms with van der Waals surface area (Å²) in [5.41, 5.74) is 0.295. The zero-order valence-corrected chi connectivity index (χ0v) is 14.5. The van der Waals surface area contributed by atoms with Gasteiger partial charge >= 0.3 is 0 Å². The number of nitrogens with one attached hydrogen (secondary N) is 2. The van der Waals surface area contributed by atoms with Gasteiger partial charge in [0.1, 0.15) is 0 Å². The third kappa shape index (κ3) is 5.24. The second-order valence-electron chi connectivity index (χ2n) is 7.50. The number of rotatable bonds is 8. The van der Waals surface area contributed by atoms with Crippen molar-refractivity contribution in [1.82, 2.24) is 10.6 Å². The zero-order valence-electron chi connectivity index (χ0n) is 14.5. The maximum absolute atomic E-state index is 12.3. The molecule has 128 valence electrons. The van der Waals surface area contributed by atoms with Crippen LogP contribution in [-0.2, 0) is 9.53 Å². The van der Waals surface area contributed by atoms with Gasteiger partial charge in [-0.1, -0.05) is 19.8 Å². The average molecular weight is 310 g/mol. The maximum Gasteiger partial charge on any atom is 0.220 e. The molecule has 0 radical (unpaired) electrons. The van der Waals surface area contributed by atoms with Crippen molar-refractivity contribution in [3.8, 4) is 0 Å². The van der Waals surface area contributed by atoms with E-state index >= 15 is 0 Å². The third-order valence-electron chi connectivity index (χ3n) is 5.86. The predicted molar refractivity (Wildman–Crippen MR) is 89.8 cm³/mol. The number of methoxy groups -OCH3 is 1. The molecule has 1 saturated heterocycles. The first-order valence-electron chi connectivity index (χ1n) is 9.11. The second-order valence-corrected chi connectivity index (χ2v) is 7.50. The minimum atomic E-state index is 0.245. The highest BCUT2D eigenvalue weighted by Gasteiger charge is 2.34. The Labute approximate surface area is 135 Å². The van der Waals surface area contributed by atoms with Gasteiger partial charge in [-0.25, -0.2) is 0 Å². The summed E-state index contributed by atoms with van der Waals surface area (Å²) in [5, 5.41) is 6.63. The molecule has 0 aromatic heterocycles. The standard InChI is InChI=1S/C18H34N2O2/c1-15(16-5-10-19-11-6-16)13-17(21)20-14-18(9-12-22-2)7-3-4-8-18/h15-16,19H,3-14H2,1-2H3,(H,20,21). The quantitative estimate of drug-likeness (QED) is 0.725. The molecule has 0 spiro atoms. The van der Waals surface area contributed by atoms with Crippen molar-refractivity contribution in [2.75, 3.05) is 33.4 Å².